The molecule has 2 aromatic rings. The maximum absolute atomic E-state index is 12.7. The zero-order valence-electron chi connectivity index (χ0n) is 15.2. The van der Waals surface area contributed by atoms with E-state index >= 15 is 0 Å². The van der Waals surface area contributed by atoms with Crippen LogP contribution in [0, 0.1) is 5.92 Å². The molecule has 1 aliphatic heterocycles. The largest absolute Gasteiger partial charge is 0.365 e. The standard InChI is InChI=1S/C20H25N5O2/c21-19(26)16-12-23-25-9-8-13(10-17(16)25)11-22-18(14-4-2-1-3-5-14)20(27)24-15-6-7-15/h1-5,12-13,15,18,22H,6-11H2,(H2,21,26)(H,24,27)/t13-,18+/m1/s1. The Bertz CT molecular complexity index is 828. The van der Waals surface area contributed by atoms with Crippen LogP contribution in [0.25, 0.3) is 0 Å². The highest BCUT2D eigenvalue weighted by atomic mass is 16.2. The summed E-state index contributed by atoms with van der Waals surface area (Å²) in [5, 5.41) is 10.8. The van der Waals surface area contributed by atoms with Crippen molar-refractivity contribution in [3.63, 3.8) is 0 Å². The Balaban J connectivity index is 1.43. The van der Waals surface area contributed by atoms with Crippen LogP contribution >= 0.6 is 0 Å². The minimum Gasteiger partial charge on any atom is -0.365 e. The van der Waals surface area contributed by atoms with Crippen molar-refractivity contribution in [3.8, 4) is 0 Å². The van der Waals surface area contributed by atoms with E-state index in [0.29, 0.717) is 24.1 Å². The number of carbonyl (C=O) groups excluding carboxylic acids is 2. The number of primary amides is 1. The number of aryl methyl sites for hydroxylation is 1. The zero-order chi connectivity index (χ0) is 18.8. The predicted molar refractivity (Wildman–Crippen MR) is 101 cm³/mol. The lowest BCUT2D eigenvalue weighted by Crippen LogP contribution is -2.41. The van der Waals surface area contributed by atoms with Gasteiger partial charge >= 0.3 is 0 Å². The van der Waals surface area contributed by atoms with E-state index in [1.54, 1.807) is 6.20 Å². The molecular weight excluding hydrogens is 342 g/mol. The summed E-state index contributed by atoms with van der Waals surface area (Å²) in [7, 11) is 0. The number of carbonyl (C=O) groups is 2. The number of hydrogen-bond acceptors (Lipinski definition) is 4. The summed E-state index contributed by atoms with van der Waals surface area (Å²) in [5.41, 5.74) is 7.83. The maximum Gasteiger partial charge on any atom is 0.252 e. The molecule has 0 saturated heterocycles. The molecule has 1 aromatic heterocycles. The lowest BCUT2D eigenvalue weighted by Gasteiger charge is -2.27. The molecule has 7 heteroatoms. The molecule has 0 unspecified atom stereocenters. The summed E-state index contributed by atoms with van der Waals surface area (Å²) in [6, 6.07) is 9.77. The molecule has 0 spiro atoms. The van der Waals surface area contributed by atoms with E-state index in [1.807, 2.05) is 35.0 Å². The second-order valence-corrected chi connectivity index (χ2v) is 7.49. The Morgan fingerprint density at radius 1 is 1.22 bits per heavy atom. The number of nitrogens with two attached hydrogens (primary N) is 1. The van der Waals surface area contributed by atoms with Gasteiger partial charge in [-0.2, -0.15) is 5.10 Å². The number of amides is 2. The third kappa shape index (κ3) is 4.03. The van der Waals surface area contributed by atoms with Crippen LogP contribution in [0.3, 0.4) is 0 Å². The Morgan fingerprint density at radius 3 is 2.70 bits per heavy atom. The van der Waals surface area contributed by atoms with E-state index in [-0.39, 0.29) is 11.9 Å². The third-order valence-electron chi connectivity index (χ3n) is 5.37. The first kappa shape index (κ1) is 17.7. The molecule has 2 heterocycles. The van der Waals surface area contributed by atoms with E-state index in [9.17, 15) is 9.59 Å². The zero-order valence-corrected chi connectivity index (χ0v) is 15.2. The number of rotatable bonds is 7. The Labute approximate surface area is 158 Å². The van der Waals surface area contributed by atoms with Crippen molar-refractivity contribution in [2.75, 3.05) is 6.54 Å². The van der Waals surface area contributed by atoms with Crippen LogP contribution in [-0.2, 0) is 17.8 Å². The van der Waals surface area contributed by atoms with Crippen LogP contribution in [0.5, 0.6) is 0 Å². The molecular formula is C20H25N5O2. The van der Waals surface area contributed by atoms with Gasteiger partial charge < -0.3 is 16.4 Å². The molecule has 1 aromatic carbocycles. The van der Waals surface area contributed by atoms with E-state index in [4.69, 9.17) is 5.73 Å². The van der Waals surface area contributed by atoms with E-state index in [2.05, 4.69) is 15.7 Å². The van der Waals surface area contributed by atoms with Gasteiger partial charge in [0.25, 0.3) is 5.91 Å². The third-order valence-corrected chi connectivity index (χ3v) is 5.37. The van der Waals surface area contributed by atoms with Gasteiger partial charge in [-0.15, -0.1) is 0 Å². The summed E-state index contributed by atoms with van der Waals surface area (Å²) in [5.74, 6) is -0.0783. The summed E-state index contributed by atoms with van der Waals surface area (Å²) < 4.78 is 1.87. The van der Waals surface area contributed by atoms with Gasteiger partial charge in [-0.3, -0.25) is 14.3 Å². The van der Waals surface area contributed by atoms with Gasteiger partial charge in [-0.25, -0.2) is 0 Å². The van der Waals surface area contributed by atoms with Crippen LogP contribution in [0.15, 0.2) is 36.5 Å². The highest BCUT2D eigenvalue weighted by molar-refractivity contribution is 5.93. The predicted octanol–water partition coefficient (Wildman–Crippen LogP) is 1.15. The van der Waals surface area contributed by atoms with Crippen molar-refractivity contribution in [1.29, 1.82) is 0 Å². The second-order valence-electron chi connectivity index (χ2n) is 7.49. The number of fused-ring (bicyclic) bond motifs is 1. The molecule has 4 rings (SSSR count). The summed E-state index contributed by atoms with van der Waals surface area (Å²) in [6.07, 6.45) is 5.37. The smallest absolute Gasteiger partial charge is 0.252 e. The average Bonchev–Trinajstić information content (AvgIpc) is 3.38. The van der Waals surface area contributed by atoms with Crippen molar-refractivity contribution in [1.82, 2.24) is 20.4 Å². The first-order valence-electron chi connectivity index (χ1n) is 9.55. The monoisotopic (exact) mass is 367 g/mol. The van der Waals surface area contributed by atoms with Gasteiger partial charge in [0.15, 0.2) is 0 Å². The SMILES string of the molecule is NC(=O)c1cnn2c1C[C@H](CN[C@H](C(=O)NC1CC1)c1ccccc1)CC2. The molecule has 4 N–H and O–H groups in total. The first-order chi connectivity index (χ1) is 13.1. The fourth-order valence-corrected chi connectivity index (χ4v) is 3.68. The minimum atomic E-state index is -0.434. The Morgan fingerprint density at radius 2 is 2.00 bits per heavy atom. The summed E-state index contributed by atoms with van der Waals surface area (Å²) in [4.78, 5) is 24.3. The van der Waals surface area contributed by atoms with Gasteiger partial charge in [0.2, 0.25) is 5.91 Å². The van der Waals surface area contributed by atoms with Gasteiger partial charge in [0, 0.05) is 12.6 Å². The van der Waals surface area contributed by atoms with Gasteiger partial charge in [0.1, 0.15) is 6.04 Å². The van der Waals surface area contributed by atoms with Crippen molar-refractivity contribution in [2.45, 2.75) is 44.3 Å². The first-order valence-corrected chi connectivity index (χ1v) is 9.55. The summed E-state index contributed by atoms with van der Waals surface area (Å²) >= 11 is 0. The van der Waals surface area contributed by atoms with Crippen LogP contribution in [0.1, 0.15) is 46.9 Å². The van der Waals surface area contributed by atoms with E-state index in [0.717, 1.165) is 43.5 Å². The highest BCUT2D eigenvalue weighted by Crippen LogP contribution is 2.24. The number of benzene rings is 1. The highest BCUT2D eigenvalue weighted by Gasteiger charge is 2.30. The lowest BCUT2D eigenvalue weighted by molar-refractivity contribution is -0.123. The molecule has 1 saturated carbocycles. The van der Waals surface area contributed by atoms with Gasteiger partial charge in [-0.05, 0) is 43.7 Å². The van der Waals surface area contributed by atoms with E-state index < -0.39 is 5.91 Å². The van der Waals surface area contributed by atoms with Crippen molar-refractivity contribution in [3.05, 3.63) is 53.3 Å². The van der Waals surface area contributed by atoms with Crippen LogP contribution < -0.4 is 16.4 Å². The van der Waals surface area contributed by atoms with Crippen LogP contribution in [0.4, 0.5) is 0 Å². The number of hydrogen-bond donors (Lipinski definition) is 3. The van der Waals surface area contributed by atoms with Crippen LogP contribution in [0.2, 0.25) is 0 Å². The molecule has 2 atom stereocenters. The van der Waals surface area contributed by atoms with Crippen LogP contribution in [-0.4, -0.2) is 34.2 Å². The molecule has 0 radical (unpaired) electrons. The van der Waals surface area contributed by atoms with Crippen molar-refractivity contribution in [2.24, 2.45) is 11.7 Å². The molecule has 2 amide bonds. The van der Waals surface area contributed by atoms with Gasteiger partial charge in [0.05, 0.1) is 17.5 Å². The normalized spacial score (nSPS) is 19.9. The quantitative estimate of drug-likeness (QED) is 0.683. The average molecular weight is 367 g/mol. The molecule has 7 nitrogen and oxygen atoms in total. The fourth-order valence-electron chi connectivity index (χ4n) is 3.68. The van der Waals surface area contributed by atoms with Crippen molar-refractivity contribution >= 4 is 11.8 Å². The van der Waals surface area contributed by atoms with Gasteiger partial charge in [-0.1, -0.05) is 30.3 Å². The number of nitrogens with one attached hydrogen (secondary N) is 2. The molecule has 1 fully saturated rings. The summed E-state index contributed by atoms with van der Waals surface area (Å²) in [6.45, 7) is 1.46. The molecule has 2 aliphatic rings. The molecule has 1 aliphatic carbocycles. The number of nitrogens with zero attached hydrogens (tertiary/aromatic N) is 2. The fraction of sp³-hybridized carbons (Fsp3) is 0.450. The Kier molecular flexibility index (Phi) is 4.94. The maximum atomic E-state index is 12.7. The molecule has 0 bridgehead atoms. The molecule has 142 valence electrons. The van der Waals surface area contributed by atoms with Crippen molar-refractivity contribution < 1.29 is 9.59 Å². The second kappa shape index (κ2) is 7.52. The van der Waals surface area contributed by atoms with E-state index in [1.165, 1.54) is 0 Å². The molecule has 27 heavy (non-hydrogen) atoms. The number of aromatic nitrogens is 2. The lowest BCUT2D eigenvalue weighted by atomic mass is 9.93. The topological polar surface area (TPSA) is 102 Å². The Hall–Kier alpha value is -2.67. The minimum absolute atomic E-state index is 0.0300.